The van der Waals surface area contributed by atoms with Crippen molar-refractivity contribution in [1.29, 1.82) is 0 Å². The Morgan fingerprint density at radius 2 is 1.44 bits per heavy atom. The summed E-state index contributed by atoms with van der Waals surface area (Å²) in [7, 11) is -1.47. The van der Waals surface area contributed by atoms with Gasteiger partial charge in [-0.3, -0.25) is 0 Å². The number of benzene rings is 3. The van der Waals surface area contributed by atoms with Crippen LogP contribution in [0.5, 0.6) is 0 Å². The lowest BCUT2D eigenvalue weighted by molar-refractivity contribution is 0.321. The minimum absolute atomic E-state index is 0.248. The van der Waals surface area contributed by atoms with Gasteiger partial charge in [0.2, 0.25) is 0 Å². The van der Waals surface area contributed by atoms with Crippen LogP contribution in [0.1, 0.15) is 37.6 Å². The van der Waals surface area contributed by atoms with E-state index < -0.39 is 9.04 Å². The molecule has 0 aliphatic carbocycles. The molecule has 175 valence electrons. The van der Waals surface area contributed by atoms with Gasteiger partial charge in [-0.2, -0.15) is 0 Å². The van der Waals surface area contributed by atoms with Crippen LogP contribution in [0.3, 0.4) is 0 Å². The maximum atomic E-state index is 6.99. The SMILES string of the molecule is CC(C)(C)c1c(Cl)c(CO[Si](c2ccccc2)c2ccccc2)cc(-n2cccc2CN)c1Cl. The highest BCUT2D eigenvalue weighted by Crippen LogP contribution is 2.41. The molecular weight excluding hydrogens is 479 g/mol. The molecule has 0 aliphatic rings. The zero-order valence-electron chi connectivity index (χ0n) is 19.7. The second kappa shape index (κ2) is 10.5. The van der Waals surface area contributed by atoms with Crippen LogP contribution in [0.4, 0.5) is 0 Å². The van der Waals surface area contributed by atoms with E-state index in [1.807, 2.05) is 41.1 Å². The third-order valence-corrected chi connectivity index (χ3v) is 8.72. The Kier molecular flexibility index (Phi) is 7.66. The quantitative estimate of drug-likeness (QED) is 0.318. The maximum absolute atomic E-state index is 6.99. The molecule has 0 fully saturated rings. The molecule has 6 heteroatoms. The standard InChI is InChI=1S/C28H29Cl2N2OSi/c1-28(2,3)25-26(29)20(17-24(27(25)30)32-16-10-11-21(32)18-31)19-33-34(22-12-6-4-7-13-22)23-14-8-5-9-15-23/h4-17H,18-19,31H2,1-3H3. The van der Waals surface area contributed by atoms with Gasteiger partial charge in [-0.25, -0.2) is 0 Å². The molecule has 1 heterocycles. The molecule has 1 aromatic heterocycles. The molecule has 0 saturated heterocycles. The number of halogens is 2. The summed E-state index contributed by atoms with van der Waals surface area (Å²) in [5.41, 5.74) is 9.42. The van der Waals surface area contributed by atoms with Gasteiger partial charge in [0.25, 0.3) is 9.04 Å². The van der Waals surface area contributed by atoms with Crippen LogP contribution in [0.25, 0.3) is 5.69 Å². The van der Waals surface area contributed by atoms with Gasteiger partial charge in [-0.1, -0.05) is 105 Å². The maximum Gasteiger partial charge on any atom is 0.283 e. The molecule has 34 heavy (non-hydrogen) atoms. The smallest absolute Gasteiger partial charge is 0.283 e. The first-order valence-electron chi connectivity index (χ1n) is 11.3. The van der Waals surface area contributed by atoms with Crippen molar-refractivity contribution in [2.75, 3.05) is 0 Å². The van der Waals surface area contributed by atoms with Crippen molar-refractivity contribution >= 4 is 42.6 Å². The fraction of sp³-hybridized carbons (Fsp3) is 0.214. The van der Waals surface area contributed by atoms with Crippen LogP contribution < -0.4 is 16.1 Å². The highest BCUT2D eigenvalue weighted by atomic mass is 35.5. The van der Waals surface area contributed by atoms with Crippen molar-refractivity contribution in [3.63, 3.8) is 0 Å². The van der Waals surface area contributed by atoms with Crippen LogP contribution in [0.15, 0.2) is 85.1 Å². The number of aromatic nitrogens is 1. The van der Waals surface area contributed by atoms with Gasteiger partial charge in [0.1, 0.15) is 0 Å². The van der Waals surface area contributed by atoms with Gasteiger partial charge in [0.05, 0.1) is 22.3 Å². The molecule has 0 aliphatic heterocycles. The van der Waals surface area contributed by atoms with Crippen molar-refractivity contribution in [2.24, 2.45) is 5.73 Å². The Labute approximate surface area is 213 Å². The summed E-state index contributed by atoms with van der Waals surface area (Å²) in [5.74, 6) is 0. The molecule has 0 bridgehead atoms. The molecule has 0 saturated carbocycles. The van der Waals surface area contributed by atoms with Crippen molar-refractivity contribution in [1.82, 2.24) is 4.57 Å². The monoisotopic (exact) mass is 507 g/mol. The molecule has 3 nitrogen and oxygen atoms in total. The average molecular weight is 509 g/mol. The molecule has 4 aromatic rings. The molecule has 2 N–H and O–H groups in total. The van der Waals surface area contributed by atoms with Crippen molar-refractivity contribution in [3.05, 3.63) is 112 Å². The topological polar surface area (TPSA) is 40.2 Å². The largest absolute Gasteiger partial charge is 0.403 e. The fourth-order valence-corrected chi connectivity index (χ4v) is 7.11. The van der Waals surface area contributed by atoms with Crippen LogP contribution in [-0.2, 0) is 23.0 Å². The second-order valence-corrected chi connectivity index (χ2v) is 12.1. The summed E-state index contributed by atoms with van der Waals surface area (Å²) in [6.45, 7) is 7.16. The fourth-order valence-electron chi connectivity index (χ4n) is 4.10. The lowest BCUT2D eigenvalue weighted by Crippen LogP contribution is -2.44. The summed E-state index contributed by atoms with van der Waals surface area (Å²) < 4.78 is 8.70. The van der Waals surface area contributed by atoms with E-state index in [0.717, 1.165) is 22.5 Å². The normalized spacial score (nSPS) is 11.9. The Bertz CT molecular complexity index is 1210. The highest BCUT2D eigenvalue weighted by Gasteiger charge is 2.27. The minimum Gasteiger partial charge on any atom is -0.403 e. The zero-order chi connectivity index (χ0) is 24.3. The van der Waals surface area contributed by atoms with E-state index in [1.165, 1.54) is 10.4 Å². The molecular formula is C28H29Cl2N2OSi. The van der Waals surface area contributed by atoms with Crippen LogP contribution in [0, 0.1) is 0 Å². The number of rotatable bonds is 7. The van der Waals surface area contributed by atoms with Gasteiger partial charge >= 0.3 is 0 Å². The third-order valence-electron chi connectivity index (χ3n) is 5.75. The van der Waals surface area contributed by atoms with Gasteiger partial charge in [-0.15, -0.1) is 0 Å². The second-order valence-electron chi connectivity index (χ2n) is 9.23. The summed E-state index contributed by atoms with van der Waals surface area (Å²) >= 11 is 14.0. The first kappa shape index (κ1) is 24.8. The number of nitrogens with zero attached hydrogens (tertiary/aromatic N) is 1. The number of hydrogen-bond donors (Lipinski definition) is 1. The summed E-state index contributed by atoms with van der Waals surface area (Å²) in [6, 6.07) is 26.8. The molecule has 3 aromatic carbocycles. The van der Waals surface area contributed by atoms with Gasteiger partial charge < -0.3 is 14.7 Å². The lowest BCUT2D eigenvalue weighted by Gasteiger charge is -2.27. The molecule has 1 radical (unpaired) electrons. The summed E-state index contributed by atoms with van der Waals surface area (Å²) in [6.07, 6.45) is 1.98. The van der Waals surface area contributed by atoms with E-state index >= 15 is 0 Å². The number of nitrogens with two attached hydrogens (primary N) is 1. The minimum atomic E-state index is -1.47. The summed E-state index contributed by atoms with van der Waals surface area (Å²) in [5, 5.41) is 3.68. The van der Waals surface area contributed by atoms with E-state index in [-0.39, 0.29) is 5.41 Å². The van der Waals surface area contributed by atoms with E-state index in [4.69, 9.17) is 33.4 Å². The Morgan fingerprint density at radius 1 is 0.853 bits per heavy atom. The van der Waals surface area contributed by atoms with Crippen LogP contribution >= 0.6 is 23.2 Å². The molecule has 0 unspecified atom stereocenters. The Balaban J connectivity index is 1.78. The van der Waals surface area contributed by atoms with E-state index in [2.05, 4.69) is 69.3 Å². The van der Waals surface area contributed by atoms with Gasteiger partial charge in [0, 0.05) is 18.4 Å². The zero-order valence-corrected chi connectivity index (χ0v) is 22.2. The first-order valence-corrected chi connectivity index (χ1v) is 13.5. The number of hydrogen-bond acceptors (Lipinski definition) is 2. The van der Waals surface area contributed by atoms with Crippen molar-refractivity contribution < 1.29 is 4.43 Å². The van der Waals surface area contributed by atoms with Gasteiger partial charge in [-0.05, 0) is 45.1 Å². The van der Waals surface area contributed by atoms with Crippen LogP contribution in [0.2, 0.25) is 10.0 Å². The molecule has 0 atom stereocenters. The average Bonchev–Trinajstić information content (AvgIpc) is 3.30. The predicted octanol–water partition coefficient (Wildman–Crippen LogP) is 5.86. The lowest BCUT2D eigenvalue weighted by atomic mass is 9.85. The van der Waals surface area contributed by atoms with E-state index in [0.29, 0.717) is 23.2 Å². The Morgan fingerprint density at radius 3 is 1.97 bits per heavy atom. The van der Waals surface area contributed by atoms with Gasteiger partial charge in [0.15, 0.2) is 0 Å². The van der Waals surface area contributed by atoms with Crippen molar-refractivity contribution in [3.8, 4) is 5.69 Å². The molecule has 4 rings (SSSR count). The molecule has 0 amide bonds. The first-order chi connectivity index (χ1) is 16.3. The molecule has 0 spiro atoms. The highest BCUT2D eigenvalue weighted by molar-refractivity contribution is 6.80. The van der Waals surface area contributed by atoms with Crippen molar-refractivity contribution in [2.45, 2.75) is 39.3 Å². The predicted molar refractivity (Wildman–Crippen MR) is 145 cm³/mol. The van der Waals surface area contributed by atoms with E-state index in [1.54, 1.807) is 0 Å². The summed E-state index contributed by atoms with van der Waals surface area (Å²) in [4.78, 5) is 0. The van der Waals surface area contributed by atoms with E-state index in [9.17, 15) is 0 Å². The van der Waals surface area contributed by atoms with Crippen LogP contribution in [-0.4, -0.2) is 13.6 Å². The Hall–Kier alpha value is -2.34. The third kappa shape index (κ3) is 5.17.